The third-order valence-corrected chi connectivity index (χ3v) is 2.44. The Balaban J connectivity index is 2.39. The summed E-state index contributed by atoms with van der Waals surface area (Å²) in [7, 11) is 0. The second-order valence-electron chi connectivity index (χ2n) is 3.49. The molecule has 0 radical (unpaired) electrons. The van der Waals surface area contributed by atoms with Crippen molar-refractivity contribution in [3.63, 3.8) is 0 Å². The normalized spacial score (nSPS) is 13.3. The van der Waals surface area contributed by atoms with Crippen LogP contribution in [0.5, 0.6) is 0 Å². The maximum absolute atomic E-state index is 4.43. The molecule has 0 aliphatic heterocycles. The summed E-state index contributed by atoms with van der Waals surface area (Å²) in [5, 5.41) is 0. The zero-order valence-corrected chi connectivity index (χ0v) is 9.11. The van der Waals surface area contributed by atoms with E-state index in [1.54, 1.807) is 0 Å². The molecule has 0 aliphatic rings. The van der Waals surface area contributed by atoms with Gasteiger partial charge in [0, 0.05) is 6.04 Å². The monoisotopic (exact) mass is 189 g/mol. The first-order valence-corrected chi connectivity index (χ1v) is 5.38. The van der Waals surface area contributed by atoms with E-state index in [0.717, 1.165) is 19.3 Å². The molecule has 0 amide bonds. The summed E-state index contributed by atoms with van der Waals surface area (Å²) in [5.41, 5.74) is 1.41. The molecule has 0 fully saturated rings. The molecule has 0 N–H and O–H groups in total. The molecule has 1 nitrogen and oxygen atoms in total. The van der Waals surface area contributed by atoms with Gasteiger partial charge in [0.1, 0.15) is 0 Å². The molecule has 0 aromatic heterocycles. The summed E-state index contributed by atoms with van der Waals surface area (Å²) in [4.78, 5) is 4.43. The molecule has 76 valence electrons. The fourth-order valence-electron chi connectivity index (χ4n) is 1.57. The minimum absolute atomic E-state index is 0.500. The first-order chi connectivity index (χ1) is 6.86. The van der Waals surface area contributed by atoms with Crippen molar-refractivity contribution in [2.45, 2.75) is 39.2 Å². The summed E-state index contributed by atoms with van der Waals surface area (Å²) in [5.74, 6) is 0. The highest BCUT2D eigenvalue weighted by atomic mass is 14.8. The molecule has 1 unspecified atom stereocenters. The van der Waals surface area contributed by atoms with Gasteiger partial charge in [0.05, 0.1) is 0 Å². The van der Waals surface area contributed by atoms with Crippen molar-refractivity contribution in [1.29, 1.82) is 0 Å². The average molecular weight is 189 g/mol. The molecule has 0 spiro atoms. The van der Waals surface area contributed by atoms with E-state index in [1.807, 2.05) is 13.1 Å². The SMILES string of the molecule is CC=NC(CC)CCc1ccccc1. The predicted molar refractivity (Wildman–Crippen MR) is 63.0 cm³/mol. The smallest absolute Gasteiger partial charge is 0.0496 e. The highest BCUT2D eigenvalue weighted by Gasteiger charge is 2.02. The zero-order chi connectivity index (χ0) is 10.2. The number of rotatable bonds is 5. The van der Waals surface area contributed by atoms with E-state index >= 15 is 0 Å². The molecule has 0 bridgehead atoms. The van der Waals surface area contributed by atoms with E-state index in [-0.39, 0.29) is 0 Å². The van der Waals surface area contributed by atoms with E-state index in [1.165, 1.54) is 5.56 Å². The maximum Gasteiger partial charge on any atom is 0.0496 e. The lowest BCUT2D eigenvalue weighted by Crippen LogP contribution is -2.04. The third-order valence-electron chi connectivity index (χ3n) is 2.44. The molecular formula is C13H19N. The van der Waals surface area contributed by atoms with Gasteiger partial charge in [0.15, 0.2) is 0 Å². The molecule has 0 saturated carbocycles. The van der Waals surface area contributed by atoms with Gasteiger partial charge in [-0.25, -0.2) is 0 Å². The molecule has 1 atom stereocenters. The topological polar surface area (TPSA) is 12.4 Å². The van der Waals surface area contributed by atoms with Crippen LogP contribution in [0.1, 0.15) is 32.3 Å². The van der Waals surface area contributed by atoms with Crippen LogP contribution in [0.15, 0.2) is 35.3 Å². The second-order valence-corrected chi connectivity index (χ2v) is 3.49. The van der Waals surface area contributed by atoms with Crippen molar-refractivity contribution in [3.05, 3.63) is 35.9 Å². The standard InChI is InChI=1S/C13H19N/c1-3-13(14-4-2)11-10-12-8-6-5-7-9-12/h4-9,13H,3,10-11H2,1-2H3. The Bertz CT molecular complexity index is 264. The summed E-state index contributed by atoms with van der Waals surface area (Å²) in [6, 6.07) is 11.1. The van der Waals surface area contributed by atoms with Crippen molar-refractivity contribution in [3.8, 4) is 0 Å². The van der Waals surface area contributed by atoms with E-state index in [2.05, 4.69) is 42.2 Å². The highest BCUT2D eigenvalue weighted by Crippen LogP contribution is 2.09. The van der Waals surface area contributed by atoms with Gasteiger partial charge in [-0.15, -0.1) is 0 Å². The summed E-state index contributed by atoms with van der Waals surface area (Å²) in [6.07, 6.45) is 5.35. The van der Waals surface area contributed by atoms with Gasteiger partial charge in [-0.2, -0.15) is 0 Å². The van der Waals surface area contributed by atoms with Crippen LogP contribution in [-0.2, 0) is 6.42 Å². The van der Waals surface area contributed by atoms with Crippen molar-refractivity contribution in [1.82, 2.24) is 0 Å². The lowest BCUT2D eigenvalue weighted by atomic mass is 10.0. The lowest BCUT2D eigenvalue weighted by molar-refractivity contribution is 0.600. The van der Waals surface area contributed by atoms with E-state index in [9.17, 15) is 0 Å². The fraction of sp³-hybridized carbons (Fsp3) is 0.462. The van der Waals surface area contributed by atoms with Crippen LogP contribution in [0, 0.1) is 0 Å². The molecule has 1 heteroatoms. The van der Waals surface area contributed by atoms with Crippen LogP contribution in [0.25, 0.3) is 0 Å². The van der Waals surface area contributed by atoms with Gasteiger partial charge >= 0.3 is 0 Å². The Hall–Kier alpha value is -1.11. The number of hydrogen-bond acceptors (Lipinski definition) is 1. The Labute approximate surface area is 86.9 Å². The lowest BCUT2D eigenvalue weighted by Gasteiger charge is -2.08. The zero-order valence-electron chi connectivity index (χ0n) is 9.11. The first kappa shape index (κ1) is 11.0. The van der Waals surface area contributed by atoms with Gasteiger partial charge in [0.2, 0.25) is 0 Å². The summed E-state index contributed by atoms with van der Waals surface area (Å²) >= 11 is 0. The predicted octanol–water partition coefficient (Wildman–Crippen LogP) is 3.49. The number of hydrogen-bond donors (Lipinski definition) is 0. The third kappa shape index (κ3) is 3.73. The highest BCUT2D eigenvalue weighted by molar-refractivity contribution is 5.53. The van der Waals surface area contributed by atoms with Crippen LogP contribution >= 0.6 is 0 Å². The Morgan fingerprint density at radius 3 is 2.57 bits per heavy atom. The molecule has 1 rings (SSSR count). The Morgan fingerprint density at radius 1 is 1.29 bits per heavy atom. The van der Waals surface area contributed by atoms with Gasteiger partial charge in [-0.1, -0.05) is 37.3 Å². The number of nitrogens with zero attached hydrogens (tertiary/aromatic N) is 1. The average Bonchev–Trinajstić information content (AvgIpc) is 2.25. The van der Waals surface area contributed by atoms with Crippen LogP contribution in [-0.4, -0.2) is 12.3 Å². The van der Waals surface area contributed by atoms with Gasteiger partial charge in [-0.05, 0) is 38.0 Å². The quantitative estimate of drug-likeness (QED) is 0.629. The Kier molecular flexibility index (Phi) is 4.98. The van der Waals surface area contributed by atoms with Crippen molar-refractivity contribution in [2.24, 2.45) is 4.99 Å². The summed E-state index contributed by atoms with van der Waals surface area (Å²) in [6.45, 7) is 4.19. The molecular weight excluding hydrogens is 170 g/mol. The van der Waals surface area contributed by atoms with E-state index < -0.39 is 0 Å². The van der Waals surface area contributed by atoms with Crippen LogP contribution < -0.4 is 0 Å². The largest absolute Gasteiger partial charge is 0.295 e. The van der Waals surface area contributed by atoms with Gasteiger partial charge < -0.3 is 0 Å². The van der Waals surface area contributed by atoms with Crippen molar-refractivity contribution >= 4 is 6.21 Å². The summed E-state index contributed by atoms with van der Waals surface area (Å²) < 4.78 is 0. The molecule has 0 heterocycles. The number of benzene rings is 1. The van der Waals surface area contributed by atoms with Crippen molar-refractivity contribution < 1.29 is 0 Å². The minimum Gasteiger partial charge on any atom is -0.295 e. The number of aryl methyl sites for hydroxylation is 1. The molecule has 14 heavy (non-hydrogen) atoms. The van der Waals surface area contributed by atoms with E-state index in [4.69, 9.17) is 0 Å². The molecule has 1 aromatic rings. The molecule has 0 saturated heterocycles. The van der Waals surface area contributed by atoms with Gasteiger partial charge in [-0.3, -0.25) is 4.99 Å². The molecule has 1 aromatic carbocycles. The van der Waals surface area contributed by atoms with Crippen LogP contribution in [0.4, 0.5) is 0 Å². The number of aliphatic imine (C=N–C) groups is 1. The van der Waals surface area contributed by atoms with Crippen molar-refractivity contribution in [2.75, 3.05) is 0 Å². The van der Waals surface area contributed by atoms with Gasteiger partial charge in [0.25, 0.3) is 0 Å². The Morgan fingerprint density at radius 2 is 2.00 bits per heavy atom. The van der Waals surface area contributed by atoms with Crippen LogP contribution in [0.2, 0.25) is 0 Å². The minimum atomic E-state index is 0.500. The fourth-order valence-corrected chi connectivity index (χ4v) is 1.57. The second kappa shape index (κ2) is 6.36. The van der Waals surface area contributed by atoms with E-state index in [0.29, 0.717) is 6.04 Å². The maximum atomic E-state index is 4.43. The van der Waals surface area contributed by atoms with Crippen LogP contribution in [0.3, 0.4) is 0 Å². The first-order valence-electron chi connectivity index (χ1n) is 5.38. The molecule has 0 aliphatic carbocycles.